The molecule has 1 amide bonds. The van der Waals surface area contributed by atoms with Gasteiger partial charge in [0.15, 0.2) is 0 Å². The molecule has 28 heavy (non-hydrogen) atoms. The number of aryl methyl sites for hydroxylation is 1. The standard InChI is InChI=1S/C21H19FN4OS/c1-26-18-8-3-2-7-17(18)25-19(26)9-10-23-20(27)12-16-13-28-21(24-16)14-5-4-6-15(22)11-14/h2-8,11,13H,9-10,12H2,1H3,(H,23,27). The molecule has 5 nitrogen and oxygen atoms in total. The van der Waals surface area contributed by atoms with Crippen molar-refractivity contribution in [1.29, 1.82) is 0 Å². The van der Waals surface area contributed by atoms with Crippen LogP contribution in [-0.2, 0) is 24.7 Å². The Morgan fingerprint density at radius 2 is 2.04 bits per heavy atom. The molecule has 1 N–H and O–H groups in total. The summed E-state index contributed by atoms with van der Waals surface area (Å²) in [4.78, 5) is 21.3. The van der Waals surface area contributed by atoms with Crippen molar-refractivity contribution >= 4 is 28.3 Å². The fourth-order valence-electron chi connectivity index (χ4n) is 3.10. The van der Waals surface area contributed by atoms with E-state index >= 15 is 0 Å². The van der Waals surface area contributed by atoms with Gasteiger partial charge in [-0.05, 0) is 24.3 Å². The lowest BCUT2D eigenvalue weighted by Gasteiger charge is -2.05. The van der Waals surface area contributed by atoms with E-state index in [1.54, 1.807) is 6.07 Å². The van der Waals surface area contributed by atoms with Crippen molar-refractivity contribution in [2.45, 2.75) is 12.8 Å². The molecule has 0 radical (unpaired) electrons. The Kier molecular flexibility index (Phi) is 5.16. The maximum atomic E-state index is 13.4. The van der Waals surface area contributed by atoms with E-state index < -0.39 is 0 Å². The van der Waals surface area contributed by atoms with Crippen molar-refractivity contribution in [2.24, 2.45) is 7.05 Å². The van der Waals surface area contributed by atoms with Gasteiger partial charge in [0, 0.05) is 31.0 Å². The lowest BCUT2D eigenvalue weighted by atomic mass is 10.2. The summed E-state index contributed by atoms with van der Waals surface area (Å²) in [6.07, 6.45) is 0.858. The highest BCUT2D eigenvalue weighted by molar-refractivity contribution is 7.13. The number of rotatable bonds is 6. The summed E-state index contributed by atoms with van der Waals surface area (Å²) < 4.78 is 15.4. The molecule has 0 spiro atoms. The third-order valence-electron chi connectivity index (χ3n) is 4.52. The maximum absolute atomic E-state index is 13.4. The van der Waals surface area contributed by atoms with Gasteiger partial charge in [-0.25, -0.2) is 14.4 Å². The summed E-state index contributed by atoms with van der Waals surface area (Å²) in [6, 6.07) is 14.3. The number of hydrogen-bond donors (Lipinski definition) is 1. The van der Waals surface area contributed by atoms with Gasteiger partial charge in [0.25, 0.3) is 0 Å². The molecule has 4 rings (SSSR count). The van der Waals surface area contributed by atoms with E-state index in [0.29, 0.717) is 23.7 Å². The van der Waals surface area contributed by atoms with E-state index in [2.05, 4.69) is 15.3 Å². The molecule has 142 valence electrons. The molecule has 0 saturated carbocycles. The highest BCUT2D eigenvalue weighted by Gasteiger charge is 2.11. The third kappa shape index (κ3) is 3.94. The Bertz CT molecular complexity index is 1130. The molecule has 7 heteroatoms. The van der Waals surface area contributed by atoms with Gasteiger partial charge in [-0.2, -0.15) is 0 Å². The van der Waals surface area contributed by atoms with Crippen LogP contribution in [-0.4, -0.2) is 27.0 Å². The number of para-hydroxylation sites is 2. The Morgan fingerprint density at radius 3 is 2.86 bits per heavy atom. The van der Waals surface area contributed by atoms with Crippen LogP contribution in [0.4, 0.5) is 4.39 Å². The molecule has 0 atom stereocenters. The predicted molar refractivity (Wildman–Crippen MR) is 109 cm³/mol. The number of benzene rings is 2. The molecule has 0 fully saturated rings. The SMILES string of the molecule is Cn1c(CCNC(=O)Cc2csc(-c3cccc(F)c3)n2)nc2ccccc21. The molecule has 0 aliphatic heterocycles. The molecule has 0 aliphatic rings. The second kappa shape index (κ2) is 7.90. The van der Waals surface area contributed by atoms with Crippen LogP contribution in [0.15, 0.2) is 53.9 Å². The summed E-state index contributed by atoms with van der Waals surface area (Å²) in [6.45, 7) is 0.511. The molecule has 0 aliphatic carbocycles. The van der Waals surface area contributed by atoms with Crippen LogP contribution >= 0.6 is 11.3 Å². The van der Waals surface area contributed by atoms with Crippen LogP contribution in [0.2, 0.25) is 0 Å². The Balaban J connectivity index is 1.33. The molecule has 0 bridgehead atoms. The van der Waals surface area contributed by atoms with Crippen LogP contribution in [0.1, 0.15) is 11.5 Å². The summed E-state index contributed by atoms with van der Waals surface area (Å²) in [7, 11) is 1.98. The van der Waals surface area contributed by atoms with Crippen LogP contribution in [0, 0.1) is 5.82 Å². The van der Waals surface area contributed by atoms with Crippen molar-refractivity contribution in [3.8, 4) is 10.6 Å². The van der Waals surface area contributed by atoms with Crippen LogP contribution in [0.25, 0.3) is 21.6 Å². The van der Waals surface area contributed by atoms with Gasteiger partial charge >= 0.3 is 0 Å². The fourth-order valence-corrected chi connectivity index (χ4v) is 3.92. The van der Waals surface area contributed by atoms with Crippen LogP contribution < -0.4 is 5.32 Å². The fraction of sp³-hybridized carbons (Fsp3) is 0.190. The number of thiazole rings is 1. The molecule has 2 aromatic heterocycles. The first-order chi connectivity index (χ1) is 13.6. The number of aromatic nitrogens is 3. The number of amides is 1. The summed E-state index contributed by atoms with van der Waals surface area (Å²) in [5.74, 6) is 0.548. The van der Waals surface area contributed by atoms with E-state index in [9.17, 15) is 9.18 Å². The number of fused-ring (bicyclic) bond motifs is 1. The zero-order valence-corrected chi connectivity index (χ0v) is 16.2. The van der Waals surface area contributed by atoms with Crippen molar-refractivity contribution in [2.75, 3.05) is 6.54 Å². The minimum atomic E-state index is -0.297. The number of hydrogen-bond acceptors (Lipinski definition) is 4. The topological polar surface area (TPSA) is 59.8 Å². The van der Waals surface area contributed by atoms with Crippen LogP contribution in [0.5, 0.6) is 0 Å². The molecular weight excluding hydrogens is 375 g/mol. The number of nitrogens with zero attached hydrogens (tertiary/aromatic N) is 3. The van der Waals surface area contributed by atoms with E-state index in [-0.39, 0.29) is 18.1 Å². The van der Waals surface area contributed by atoms with Crippen molar-refractivity contribution in [3.05, 3.63) is 71.2 Å². The van der Waals surface area contributed by atoms with Gasteiger partial charge in [-0.15, -0.1) is 11.3 Å². The Hall–Kier alpha value is -3.06. The smallest absolute Gasteiger partial charge is 0.226 e. The number of halogens is 1. The van der Waals surface area contributed by atoms with Crippen molar-refractivity contribution in [3.63, 3.8) is 0 Å². The van der Waals surface area contributed by atoms with Gasteiger partial charge in [0.1, 0.15) is 16.6 Å². The Labute approximate surface area is 165 Å². The first-order valence-corrected chi connectivity index (χ1v) is 9.85. The highest BCUT2D eigenvalue weighted by atomic mass is 32.1. The quantitative estimate of drug-likeness (QED) is 0.542. The molecule has 2 heterocycles. The lowest BCUT2D eigenvalue weighted by Crippen LogP contribution is -2.27. The first kappa shape index (κ1) is 18.3. The van der Waals surface area contributed by atoms with Crippen molar-refractivity contribution < 1.29 is 9.18 Å². The predicted octanol–water partition coefficient (Wildman–Crippen LogP) is 3.74. The lowest BCUT2D eigenvalue weighted by molar-refractivity contribution is -0.120. The number of carbonyl (C=O) groups is 1. The van der Waals surface area contributed by atoms with Gasteiger partial charge in [-0.1, -0.05) is 24.3 Å². The summed E-state index contributed by atoms with van der Waals surface area (Å²) in [5, 5.41) is 5.47. The normalized spacial score (nSPS) is 11.1. The minimum absolute atomic E-state index is 0.0881. The minimum Gasteiger partial charge on any atom is -0.355 e. The molecular formula is C21H19FN4OS. The summed E-state index contributed by atoms with van der Waals surface area (Å²) >= 11 is 1.41. The van der Waals surface area contributed by atoms with Crippen LogP contribution in [0.3, 0.4) is 0 Å². The second-order valence-corrected chi connectivity index (χ2v) is 7.36. The highest BCUT2D eigenvalue weighted by Crippen LogP contribution is 2.24. The monoisotopic (exact) mass is 394 g/mol. The van der Waals surface area contributed by atoms with E-state index in [4.69, 9.17) is 0 Å². The maximum Gasteiger partial charge on any atom is 0.226 e. The molecule has 2 aromatic carbocycles. The van der Waals surface area contributed by atoms with E-state index in [0.717, 1.165) is 22.4 Å². The summed E-state index contributed by atoms with van der Waals surface area (Å²) in [5.41, 5.74) is 3.44. The average molecular weight is 394 g/mol. The first-order valence-electron chi connectivity index (χ1n) is 8.97. The zero-order valence-electron chi connectivity index (χ0n) is 15.4. The number of carbonyl (C=O) groups excluding carboxylic acids is 1. The van der Waals surface area contributed by atoms with Gasteiger partial charge in [-0.3, -0.25) is 4.79 Å². The van der Waals surface area contributed by atoms with Crippen molar-refractivity contribution in [1.82, 2.24) is 19.9 Å². The molecule has 4 aromatic rings. The third-order valence-corrected chi connectivity index (χ3v) is 5.46. The van der Waals surface area contributed by atoms with Gasteiger partial charge in [0.2, 0.25) is 5.91 Å². The average Bonchev–Trinajstić information content (AvgIpc) is 3.27. The van der Waals surface area contributed by atoms with Gasteiger partial charge < -0.3 is 9.88 Å². The number of imidazole rings is 1. The van der Waals surface area contributed by atoms with E-state index in [1.165, 1.54) is 23.5 Å². The van der Waals surface area contributed by atoms with E-state index in [1.807, 2.05) is 47.3 Å². The Morgan fingerprint density at radius 1 is 1.18 bits per heavy atom. The van der Waals surface area contributed by atoms with Gasteiger partial charge in [0.05, 0.1) is 23.1 Å². The largest absolute Gasteiger partial charge is 0.355 e. The zero-order chi connectivity index (χ0) is 19.5. The second-order valence-electron chi connectivity index (χ2n) is 6.51. The molecule has 0 saturated heterocycles. The number of nitrogens with one attached hydrogen (secondary N) is 1. The molecule has 0 unspecified atom stereocenters.